The van der Waals surface area contributed by atoms with Gasteiger partial charge in [-0.3, -0.25) is 4.79 Å². The van der Waals surface area contributed by atoms with E-state index < -0.39 is 21.5 Å². The molecule has 0 fully saturated rings. The largest absolute Gasteiger partial charge is 0.391 e. The van der Waals surface area contributed by atoms with Gasteiger partial charge in [0.1, 0.15) is 0 Å². The maximum atomic E-state index is 12.0. The van der Waals surface area contributed by atoms with Crippen LogP contribution in [-0.4, -0.2) is 37.3 Å². The summed E-state index contributed by atoms with van der Waals surface area (Å²) in [5.74, 6) is -0.356. The Balaban J connectivity index is 2.91. The van der Waals surface area contributed by atoms with Crippen LogP contribution in [-0.2, 0) is 9.84 Å². The average molecular weight is 285 g/mol. The zero-order valence-corrected chi connectivity index (χ0v) is 12.3. The fraction of sp³-hybridized carbons (Fsp3) is 0.462. The molecule has 0 saturated carbocycles. The predicted octanol–water partition coefficient (Wildman–Crippen LogP) is 0.979. The number of carbonyl (C=O) groups is 1. The van der Waals surface area contributed by atoms with Crippen molar-refractivity contribution in [2.75, 3.05) is 6.26 Å². The molecule has 0 aliphatic rings. The Hall–Kier alpha value is -1.40. The minimum absolute atomic E-state index is 0.166. The maximum Gasteiger partial charge on any atom is 0.251 e. The molecule has 1 amide bonds. The zero-order chi connectivity index (χ0) is 14.8. The van der Waals surface area contributed by atoms with Crippen molar-refractivity contribution >= 4 is 15.7 Å². The Bertz CT molecular complexity index is 559. The lowest BCUT2D eigenvalue weighted by Gasteiger charge is -2.29. The van der Waals surface area contributed by atoms with E-state index in [-0.39, 0.29) is 10.8 Å². The molecule has 0 saturated heterocycles. The molecule has 1 aromatic rings. The highest BCUT2D eigenvalue weighted by atomic mass is 32.2. The van der Waals surface area contributed by atoms with E-state index in [4.69, 9.17) is 0 Å². The topological polar surface area (TPSA) is 83.5 Å². The normalized spacial score (nSPS) is 13.9. The molecule has 5 nitrogen and oxygen atoms in total. The highest BCUT2D eigenvalue weighted by Gasteiger charge is 2.26. The number of amides is 1. The second-order valence-electron chi connectivity index (χ2n) is 5.15. The number of carbonyl (C=O) groups excluding carboxylic acids is 1. The van der Waals surface area contributed by atoms with Crippen molar-refractivity contribution in [1.82, 2.24) is 5.32 Å². The molecule has 1 rings (SSSR count). The Kier molecular flexibility index (Phi) is 4.37. The van der Waals surface area contributed by atoms with E-state index in [1.54, 1.807) is 20.8 Å². The third-order valence-corrected chi connectivity index (χ3v) is 4.15. The first-order chi connectivity index (χ1) is 8.54. The van der Waals surface area contributed by atoms with Gasteiger partial charge in [-0.2, -0.15) is 0 Å². The molecule has 0 radical (unpaired) electrons. The Morgan fingerprint density at radius 3 is 2.11 bits per heavy atom. The van der Waals surface area contributed by atoms with Gasteiger partial charge in [-0.05, 0) is 45.0 Å². The van der Waals surface area contributed by atoms with Gasteiger partial charge >= 0.3 is 0 Å². The quantitative estimate of drug-likeness (QED) is 0.863. The number of sulfone groups is 1. The summed E-state index contributed by atoms with van der Waals surface area (Å²) in [4.78, 5) is 12.1. The molecule has 0 spiro atoms. The number of rotatable bonds is 4. The third kappa shape index (κ3) is 4.04. The molecule has 0 aliphatic heterocycles. The van der Waals surface area contributed by atoms with E-state index in [2.05, 4.69) is 5.32 Å². The van der Waals surface area contributed by atoms with Gasteiger partial charge in [-0.1, -0.05) is 0 Å². The Morgan fingerprint density at radius 1 is 1.26 bits per heavy atom. The van der Waals surface area contributed by atoms with E-state index in [9.17, 15) is 18.3 Å². The van der Waals surface area contributed by atoms with Gasteiger partial charge < -0.3 is 10.4 Å². The van der Waals surface area contributed by atoms with Gasteiger partial charge in [-0.15, -0.1) is 0 Å². The van der Waals surface area contributed by atoms with Crippen molar-refractivity contribution in [2.45, 2.75) is 37.3 Å². The van der Waals surface area contributed by atoms with Crippen molar-refractivity contribution in [3.63, 3.8) is 0 Å². The Labute approximate surface area is 113 Å². The van der Waals surface area contributed by atoms with Crippen molar-refractivity contribution in [3.8, 4) is 0 Å². The Morgan fingerprint density at radius 2 is 1.74 bits per heavy atom. The van der Waals surface area contributed by atoms with Crippen LogP contribution in [0.3, 0.4) is 0 Å². The fourth-order valence-electron chi connectivity index (χ4n) is 1.32. The van der Waals surface area contributed by atoms with Crippen LogP contribution in [0.5, 0.6) is 0 Å². The molecule has 1 aromatic carbocycles. The standard InChI is InChI=1S/C13H19NO4S/c1-9(15)13(2,3)14-12(16)10-5-7-11(8-6-10)19(4,17)18/h5-9,15H,1-4H3,(H,14,16). The number of benzene rings is 1. The fourth-order valence-corrected chi connectivity index (χ4v) is 1.95. The number of aliphatic hydroxyl groups is 1. The lowest BCUT2D eigenvalue weighted by molar-refractivity contribution is 0.0709. The predicted molar refractivity (Wildman–Crippen MR) is 72.8 cm³/mol. The molecule has 1 atom stereocenters. The summed E-state index contributed by atoms with van der Waals surface area (Å²) in [6, 6.07) is 5.67. The first-order valence-electron chi connectivity index (χ1n) is 5.85. The van der Waals surface area contributed by atoms with Crippen LogP contribution in [0.4, 0.5) is 0 Å². The molecule has 19 heavy (non-hydrogen) atoms. The molecule has 1 unspecified atom stereocenters. The van der Waals surface area contributed by atoms with Crippen LogP contribution in [0, 0.1) is 0 Å². The van der Waals surface area contributed by atoms with Crippen LogP contribution in [0.15, 0.2) is 29.2 Å². The molecular weight excluding hydrogens is 266 g/mol. The second-order valence-corrected chi connectivity index (χ2v) is 7.16. The number of aliphatic hydroxyl groups excluding tert-OH is 1. The zero-order valence-electron chi connectivity index (χ0n) is 11.5. The van der Waals surface area contributed by atoms with Crippen molar-refractivity contribution in [3.05, 3.63) is 29.8 Å². The minimum atomic E-state index is -3.27. The summed E-state index contributed by atoms with van der Waals surface area (Å²) in [5, 5.41) is 12.2. The van der Waals surface area contributed by atoms with E-state index in [1.807, 2.05) is 0 Å². The summed E-state index contributed by atoms with van der Waals surface area (Å²) in [6.45, 7) is 5.01. The first kappa shape index (κ1) is 15.7. The highest BCUT2D eigenvalue weighted by molar-refractivity contribution is 7.90. The summed E-state index contributed by atoms with van der Waals surface area (Å²) in [5.41, 5.74) is -0.409. The SMILES string of the molecule is CC(O)C(C)(C)NC(=O)c1ccc(S(C)(=O)=O)cc1. The van der Waals surface area contributed by atoms with E-state index in [0.717, 1.165) is 6.26 Å². The molecule has 0 aliphatic carbocycles. The van der Waals surface area contributed by atoms with Crippen molar-refractivity contribution in [1.29, 1.82) is 0 Å². The molecule has 0 aromatic heterocycles. The van der Waals surface area contributed by atoms with Crippen LogP contribution < -0.4 is 5.32 Å². The van der Waals surface area contributed by atoms with Crippen LogP contribution >= 0.6 is 0 Å². The second kappa shape index (κ2) is 5.30. The third-order valence-electron chi connectivity index (χ3n) is 3.02. The molecular formula is C13H19NO4S. The van der Waals surface area contributed by atoms with Crippen LogP contribution in [0.2, 0.25) is 0 Å². The molecule has 2 N–H and O–H groups in total. The lowest BCUT2D eigenvalue weighted by atomic mass is 9.98. The first-order valence-corrected chi connectivity index (χ1v) is 7.74. The van der Waals surface area contributed by atoms with Gasteiger partial charge in [0.15, 0.2) is 9.84 Å². The number of nitrogens with one attached hydrogen (secondary N) is 1. The summed E-state index contributed by atoms with van der Waals surface area (Å²) < 4.78 is 22.6. The number of hydrogen-bond donors (Lipinski definition) is 2. The van der Waals surface area contributed by atoms with Gasteiger partial charge in [0.2, 0.25) is 0 Å². The van der Waals surface area contributed by atoms with Crippen molar-refractivity contribution < 1.29 is 18.3 Å². The average Bonchev–Trinajstić information content (AvgIpc) is 2.27. The van der Waals surface area contributed by atoms with Gasteiger partial charge in [0, 0.05) is 11.8 Å². The van der Waals surface area contributed by atoms with Gasteiger partial charge in [-0.25, -0.2) is 8.42 Å². The summed E-state index contributed by atoms with van der Waals surface area (Å²) in [7, 11) is -3.27. The van der Waals surface area contributed by atoms with Crippen LogP contribution in [0.25, 0.3) is 0 Å². The maximum absolute atomic E-state index is 12.0. The van der Waals surface area contributed by atoms with Crippen LogP contribution in [0.1, 0.15) is 31.1 Å². The monoisotopic (exact) mass is 285 g/mol. The minimum Gasteiger partial charge on any atom is -0.391 e. The molecule has 0 heterocycles. The summed E-state index contributed by atoms with van der Waals surface area (Å²) in [6.07, 6.45) is 0.408. The summed E-state index contributed by atoms with van der Waals surface area (Å²) >= 11 is 0. The van der Waals surface area contributed by atoms with E-state index >= 15 is 0 Å². The van der Waals surface area contributed by atoms with Gasteiger partial charge in [0.25, 0.3) is 5.91 Å². The highest BCUT2D eigenvalue weighted by Crippen LogP contribution is 2.13. The molecule has 0 bridgehead atoms. The smallest absolute Gasteiger partial charge is 0.251 e. The van der Waals surface area contributed by atoms with E-state index in [1.165, 1.54) is 24.3 Å². The lowest BCUT2D eigenvalue weighted by Crippen LogP contribution is -2.50. The molecule has 106 valence electrons. The number of hydrogen-bond acceptors (Lipinski definition) is 4. The van der Waals surface area contributed by atoms with Gasteiger partial charge in [0.05, 0.1) is 16.5 Å². The molecule has 6 heteroatoms. The van der Waals surface area contributed by atoms with E-state index in [0.29, 0.717) is 5.56 Å². The van der Waals surface area contributed by atoms with Crippen molar-refractivity contribution in [2.24, 2.45) is 0 Å².